The molecule has 0 aliphatic carbocycles. The fraction of sp³-hybridized carbons (Fsp3) is 0. The van der Waals surface area contributed by atoms with Crippen molar-refractivity contribution in [2.75, 3.05) is 0 Å². The highest BCUT2D eigenvalue weighted by Crippen LogP contribution is 2.21. The van der Waals surface area contributed by atoms with Crippen molar-refractivity contribution in [2.45, 2.75) is 0 Å². The molecule has 1 N–H and O–H groups in total. The van der Waals surface area contributed by atoms with Crippen LogP contribution >= 0.6 is 0 Å². The first-order chi connectivity index (χ1) is 8.78. The molecule has 0 aliphatic heterocycles. The lowest BCUT2D eigenvalue weighted by atomic mass is 10.2. The van der Waals surface area contributed by atoms with Gasteiger partial charge in [0.05, 0.1) is 17.4 Å². The van der Waals surface area contributed by atoms with Crippen molar-refractivity contribution >= 4 is 17.2 Å². The molecule has 0 amide bonds. The number of carbonyl (C=O) groups excluding carboxylic acids is 1. The summed E-state index contributed by atoms with van der Waals surface area (Å²) in [4.78, 5) is 10.8. The first kappa shape index (κ1) is 10.5. The zero-order valence-electron chi connectivity index (χ0n) is 9.45. The summed E-state index contributed by atoms with van der Waals surface area (Å²) in [5.74, 6) is 0.183. The number of rotatable bonds is 2. The van der Waals surface area contributed by atoms with Crippen LogP contribution < -0.4 is 0 Å². The van der Waals surface area contributed by atoms with Crippen LogP contribution in [0.4, 0.5) is 0 Å². The number of nitrogens with zero attached hydrogens (tertiary/aromatic N) is 2. The summed E-state index contributed by atoms with van der Waals surface area (Å²) < 4.78 is 1.70. The molecule has 3 rings (SSSR count). The van der Waals surface area contributed by atoms with Crippen molar-refractivity contribution in [1.29, 1.82) is 0 Å². The fourth-order valence-corrected chi connectivity index (χ4v) is 1.94. The van der Waals surface area contributed by atoms with Crippen LogP contribution in [-0.2, 0) is 0 Å². The lowest BCUT2D eigenvalue weighted by Gasteiger charge is -2.04. The van der Waals surface area contributed by atoms with Crippen molar-refractivity contribution in [3.05, 3.63) is 54.2 Å². The Kier molecular flexibility index (Phi) is 2.34. The number of benzene rings is 2. The SMILES string of the molecule is O=Cc1ccc2cnn(-c3cccc(O)c3)c2c1. The third-order valence-electron chi connectivity index (χ3n) is 2.81. The number of hydrogen-bond donors (Lipinski definition) is 1. The highest BCUT2D eigenvalue weighted by Gasteiger charge is 2.06. The topological polar surface area (TPSA) is 55.1 Å². The molecule has 88 valence electrons. The Morgan fingerprint density at radius 2 is 2.06 bits per heavy atom. The lowest BCUT2D eigenvalue weighted by molar-refractivity contribution is 0.112. The molecule has 0 atom stereocenters. The van der Waals surface area contributed by atoms with Crippen LogP contribution in [0.1, 0.15) is 10.4 Å². The Bertz CT molecular complexity index is 731. The molecule has 0 aliphatic rings. The summed E-state index contributed by atoms with van der Waals surface area (Å²) in [6, 6.07) is 12.2. The van der Waals surface area contributed by atoms with Crippen molar-refractivity contribution in [1.82, 2.24) is 9.78 Å². The Morgan fingerprint density at radius 1 is 1.17 bits per heavy atom. The molecule has 4 heteroatoms. The van der Waals surface area contributed by atoms with E-state index in [1.807, 2.05) is 12.1 Å². The molecule has 0 spiro atoms. The van der Waals surface area contributed by atoms with Crippen molar-refractivity contribution in [3.63, 3.8) is 0 Å². The molecule has 4 nitrogen and oxygen atoms in total. The molecule has 3 aromatic rings. The van der Waals surface area contributed by atoms with Crippen LogP contribution in [0, 0.1) is 0 Å². The second-order valence-electron chi connectivity index (χ2n) is 4.01. The van der Waals surface area contributed by atoms with E-state index in [9.17, 15) is 9.90 Å². The minimum Gasteiger partial charge on any atom is -0.508 e. The summed E-state index contributed by atoms with van der Waals surface area (Å²) in [5.41, 5.74) is 2.20. The summed E-state index contributed by atoms with van der Waals surface area (Å²) in [6.45, 7) is 0. The number of aldehydes is 1. The molecule has 1 heterocycles. The third-order valence-corrected chi connectivity index (χ3v) is 2.81. The van der Waals surface area contributed by atoms with Gasteiger partial charge in [-0.2, -0.15) is 5.10 Å². The highest BCUT2D eigenvalue weighted by molar-refractivity contribution is 5.87. The van der Waals surface area contributed by atoms with E-state index in [1.165, 1.54) is 0 Å². The normalized spacial score (nSPS) is 10.7. The molecule has 18 heavy (non-hydrogen) atoms. The first-order valence-corrected chi connectivity index (χ1v) is 5.50. The van der Waals surface area contributed by atoms with Gasteiger partial charge < -0.3 is 5.11 Å². The van der Waals surface area contributed by atoms with Crippen LogP contribution in [0.5, 0.6) is 5.75 Å². The number of hydrogen-bond acceptors (Lipinski definition) is 3. The van der Waals surface area contributed by atoms with Gasteiger partial charge in [-0.25, -0.2) is 4.68 Å². The number of phenolic OH excluding ortho intramolecular Hbond substituents is 1. The smallest absolute Gasteiger partial charge is 0.150 e. The molecule has 0 unspecified atom stereocenters. The third kappa shape index (κ3) is 1.64. The second kappa shape index (κ2) is 4.00. The number of aromatic hydroxyl groups is 1. The predicted molar refractivity (Wildman–Crippen MR) is 68.1 cm³/mol. The van der Waals surface area contributed by atoms with Crippen molar-refractivity contribution in [3.8, 4) is 11.4 Å². The zero-order chi connectivity index (χ0) is 12.5. The van der Waals surface area contributed by atoms with E-state index < -0.39 is 0 Å². The van der Waals surface area contributed by atoms with Gasteiger partial charge in [-0.05, 0) is 18.2 Å². The molecule has 1 aromatic heterocycles. The van der Waals surface area contributed by atoms with Crippen molar-refractivity contribution in [2.24, 2.45) is 0 Å². The van der Waals surface area contributed by atoms with Crippen LogP contribution in [0.15, 0.2) is 48.7 Å². The maximum absolute atomic E-state index is 10.8. The summed E-state index contributed by atoms with van der Waals surface area (Å²) >= 11 is 0. The molecule has 0 radical (unpaired) electrons. The van der Waals surface area contributed by atoms with Gasteiger partial charge in [-0.15, -0.1) is 0 Å². The average Bonchev–Trinajstić information content (AvgIpc) is 2.81. The van der Waals surface area contributed by atoms with E-state index in [0.717, 1.165) is 22.9 Å². The van der Waals surface area contributed by atoms with Gasteiger partial charge in [0.25, 0.3) is 0 Å². The standard InChI is InChI=1S/C14H10N2O2/c17-9-10-4-5-11-8-15-16(14(11)6-10)12-2-1-3-13(18)7-12/h1-9,18H. The Labute approximate surface area is 103 Å². The molecule has 0 saturated heterocycles. The quantitative estimate of drug-likeness (QED) is 0.698. The van der Waals surface area contributed by atoms with Crippen LogP contribution in [-0.4, -0.2) is 21.2 Å². The minimum absolute atomic E-state index is 0.183. The number of fused-ring (bicyclic) bond motifs is 1. The van der Waals surface area contributed by atoms with E-state index in [4.69, 9.17) is 0 Å². The van der Waals surface area contributed by atoms with E-state index in [1.54, 1.807) is 41.2 Å². The van der Waals surface area contributed by atoms with E-state index in [2.05, 4.69) is 5.10 Å². The van der Waals surface area contributed by atoms with Gasteiger partial charge in [0, 0.05) is 17.0 Å². The number of phenols is 1. The maximum atomic E-state index is 10.8. The highest BCUT2D eigenvalue weighted by atomic mass is 16.3. The summed E-state index contributed by atoms with van der Waals surface area (Å²) in [6.07, 6.45) is 2.53. The molecular formula is C14H10N2O2. The van der Waals surface area contributed by atoms with Gasteiger partial charge in [0.2, 0.25) is 0 Å². The Hall–Kier alpha value is -2.62. The van der Waals surface area contributed by atoms with E-state index >= 15 is 0 Å². The lowest BCUT2D eigenvalue weighted by Crippen LogP contribution is -1.95. The predicted octanol–water partition coefficient (Wildman–Crippen LogP) is 2.54. The number of aromatic nitrogens is 2. The van der Waals surface area contributed by atoms with E-state index in [0.29, 0.717) is 5.56 Å². The Morgan fingerprint density at radius 3 is 2.83 bits per heavy atom. The van der Waals surface area contributed by atoms with Crippen molar-refractivity contribution < 1.29 is 9.90 Å². The Balaban J connectivity index is 2.26. The zero-order valence-corrected chi connectivity index (χ0v) is 9.45. The summed E-state index contributed by atoms with van der Waals surface area (Å²) in [5, 5.41) is 14.7. The summed E-state index contributed by atoms with van der Waals surface area (Å²) in [7, 11) is 0. The van der Waals surface area contributed by atoms with Crippen LogP contribution in [0.25, 0.3) is 16.6 Å². The molecule has 0 saturated carbocycles. The van der Waals surface area contributed by atoms with Gasteiger partial charge >= 0.3 is 0 Å². The molecule has 0 fully saturated rings. The van der Waals surface area contributed by atoms with Gasteiger partial charge in [0.1, 0.15) is 12.0 Å². The fourth-order valence-electron chi connectivity index (χ4n) is 1.94. The first-order valence-electron chi connectivity index (χ1n) is 5.50. The van der Waals surface area contributed by atoms with Gasteiger partial charge in [-0.1, -0.05) is 18.2 Å². The van der Waals surface area contributed by atoms with Crippen LogP contribution in [0.2, 0.25) is 0 Å². The molecule has 2 aromatic carbocycles. The second-order valence-corrected chi connectivity index (χ2v) is 4.01. The largest absolute Gasteiger partial charge is 0.508 e. The monoisotopic (exact) mass is 238 g/mol. The minimum atomic E-state index is 0.183. The van der Waals surface area contributed by atoms with Crippen LogP contribution in [0.3, 0.4) is 0 Å². The van der Waals surface area contributed by atoms with E-state index in [-0.39, 0.29) is 5.75 Å². The number of carbonyl (C=O) groups is 1. The molecule has 0 bridgehead atoms. The average molecular weight is 238 g/mol. The van der Waals surface area contributed by atoms with Gasteiger partial charge in [0.15, 0.2) is 0 Å². The van der Waals surface area contributed by atoms with Gasteiger partial charge in [-0.3, -0.25) is 4.79 Å². The maximum Gasteiger partial charge on any atom is 0.150 e. The molecular weight excluding hydrogens is 228 g/mol.